The molecule has 1 aliphatic heterocycles. The molecule has 8 nitrogen and oxygen atoms in total. The van der Waals surface area contributed by atoms with Gasteiger partial charge in [0, 0.05) is 36.9 Å². The molecule has 10 heteroatoms. The smallest absolute Gasteiger partial charge is 0.243 e. The van der Waals surface area contributed by atoms with Gasteiger partial charge in [-0.2, -0.15) is 5.10 Å². The van der Waals surface area contributed by atoms with Crippen molar-refractivity contribution in [1.29, 1.82) is 0 Å². The van der Waals surface area contributed by atoms with Crippen LogP contribution in [0.1, 0.15) is 25.7 Å². The Bertz CT molecular complexity index is 1130. The third-order valence-corrected chi connectivity index (χ3v) is 6.35. The average Bonchev–Trinajstić information content (AvgIpc) is 3.53. The lowest BCUT2D eigenvalue weighted by atomic mass is 10.0. The van der Waals surface area contributed by atoms with Crippen LogP contribution in [0.5, 0.6) is 0 Å². The number of benzene rings is 1. The molecule has 1 saturated carbocycles. The molecular weight excluding hydrogens is 433 g/mol. The molecule has 1 aliphatic carbocycles. The highest BCUT2D eigenvalue weighted by atomic mass is 35.5. The van der Waals surface area contributed by atoms with Gasteiger partial charge in [0.05, 0.1) is 11.6 Å². The summed E-state index contributed by atoms with van der Waals surface area (Å²) in [4.78, 5) is 24.2. The van der Waals surface area contributed by atoms with Crippen LogP contribution < -0.4 is 15.5 Å². The molecule has 2 atom stereocenters. The number of carbonyl (C=O) groups excluding carboxylic acids is 1. The van der Waals surface area contributed by atoms with E-state index in [1.807, 2.05) is 7.05 Å². The van der Waals surface area contributed by atoms with Crippen LogP contribution in [0.4, 0.5) is 15.9 Å². The first-order valence-corrected chi connectivity index (χ1v) is 11.3. The molecule has 2 unspecified atom stereocenters. The first-order valence-electron chi connectivity index (χ1n) is 10.9. The highest BCUT2D eigenvalue weighted by Crippen LogP contribution is 2.35. The van der Waals surface area contributed by atoms with Gasteiger partial charge < -0.3 is 15.5 Å². The monoisotopic (exact) mass is 457 g/mol. The number of halogens is 2. The highest BCUT2D eigenvalue weighted by molar-refractivity contribution is 6.30. The van der Waals surface area contributed by atoms with Crippen molar-refractivity contribution in [3.8, 4) is 0 Å². The summed E-state index contributed by atoms with van der Waals surface area (Å²) in [6.07, 6.45) is 7.13. The molecule has 3 heterocycles. The second kappa shape index (κ2) is 8.54. The number of amides is 1. The zero-order valence-electron chi connectivity index (χ0n) is 17.8. The van der Waals surface area contributed by atoms with E-state index in [0.717, 1.165) is 49.1 Å². The fourth-order valence-electron chi connectivity index (χ4n) is 4.42. The molecule has 0 bridgehead atoms. The minimum absolute atomic E-state index is 0.00270. The molecule has 5 rings (SSSR count). The van der Waals surface area contributed by atoms with Crippen molar-refractivity contribution < 1.29 is 9.18 Å². The van der Waals surface area contributed by atoms with Crippen molar-refractivity contribution in [3.05, 3.63) is 41.6 Å². The van der Waals surface area contributed by atoms with Crippen LogP contribution >= 0.6 is 11.6 Å². The van der Waals surface area contributed by atoms with Crippen molar-refractivity contribution >= 4 is 40.0 Å². The van der Waals surface area contributed by atoms with Gasteiger partial charge in [-0.05, 0) is 49.8 Å². The van der Waals surface area contributed by atoms with Crippen LogP contribution in [0, 0.1) is 11.7 Å². The second-order valence-electron chi connectivity index (χ2n) is 8.61. The molecule has 1 amide bonds. The van der Waals surface area contributed by atoms with E-state index in [0.29, 0.717) is 17.3 Å². The first kappa shape index (κ1) is 20.9. The maximum atomic E-state index is 13.7. The van der Waals surface area contributed by atoms with Gasteiger partial charge in [0.25, 0.3) is 0 Å². The Kier molecular flexibility index (Phi) is 5.58. The van der Waals surface area contributed by atoms with Gasteiger partial charge in [-0.15, -0.1) is 0 Å². The van der Waals surface area contributed by atoms with Crippen LogP contribution in [0.15, 0.2) is 30.7 Å². The van der Waals surface area contributed by atoms with Crippen molar-refractivity contribution in [2.45, 2.75) is 37.8 Å². The third-order valence-electron chi connectivity index (χ3n) is 6.14. The Morgan fingerprint density at radius 1 is 1.25 bits per heavy atom. The zero-order valence-corrected chi connectivity index (χ0v) is 18.5. The molecule has 2 aliphatic rings. The van der Waals surface area contributed by atoms with Crippen LogP contribution in [0.3, 0.4) is 0 Å². The Labute approximate surface area is 190 Å². The molecule has 2 aromatic heterocycles. The van der Waals surface area contributed by atoms with Crippen molar-refractivity contribution in [3.63, 3.8) is 0 Å². The summed E-state index contributed by atoms with van der Waals surface area (Å²) >= 11 is 5.98. The normalized spacial score (nSPS) is 19.7. The summed E-state index contributed by atoms with van der Waals surface area (Å²) in [5.41, 5.74) is 1.31. The number of fused-ring (bicyclic) bond motifs is 1. The van der Waals surface area contributed by atoms with Gasteiger partial charge in [0.1, 0.15) is 24.0 Å². The maximum Gasteiger partial charge on any atom is 0.243 e. The zero-order chi connectivity index (χ0) is 22.2. The first-order chi connectivity index (χ1) is 15.5. The molecule has 3 aromatic rings. The summed E-state index contributed by atoms with van der Waals surface area (Å²) in [5, 5.41) is 11.9. The predicted molar refractivity (Wildman–Crippen MR) is 121 cm³/mol. The largest absolute Gasteiger partial charge is 0.373 e. The maximum absolute atomic E-state index is 13.7. The summed E-state index contributed by atoms with van der Waals surface area (Å²) in [6, 6.07) is 3.85. The molecule has 32 heavy (non-hydrogen) atoms. The summed E-state index contributed by atoms with van der Waals surface area (Å²) in [6.45, 7) is 1.52. The summed E-state index contributed by atoms with van der Waals surface area (Å²) in [7, 11) is 1.86. The number of rotatable bonds is 6. The van der Waals surface area contributed by atoms with Gasteiger partial charge in [-0.3, -0.25) is 9.48 Å². The fraction of sp³-hybridized carbons (Fsp3) is 0.455. The Hall–Kier alpha value is -2.94. The van der Waals surface area contributed by atoms with E-state index in [9.17, 15) is 9.18 Å². The second-order valence-corrected chi connectivity index (χ2v) is 9.05. The molecule has 1 aromatic carbocycles. The fourth-order valence-corrected chi connectivity index (χ4v) is 4.65. The summed E-state index contributed by atoms with van der Waals surface area (Å²) in [5.74, 6) is 0.598. The average molecular weight is 458 g/mol. The number of anilines is 2. The molecule has 0 spiro atoms. The van der Waals surface area contributed by atoms with Crippen LogP contribution in [-0.4, -0.2) is 50.8 Å². The molecule has 2 fully saturated rings. The Morgan fingerprint density at radius 3 is 2.88 bits per heavy atom. The molecule has 2 N–H and O–H groups in total. The Balaban J connectivity index is 1.28. The summed E-state index contributed by atoms with van der Waals surface area (Å²) < 4.78 is 15.5. The quantitative estimate of drug-likeness (QED) is 0.591. The number of aromatic nitrogens is 4. The minimum Gasteiger partial charge on any atom is -0.373 e. The van der Waals surface area contributed by atoms with Gasteiger partial charge in [0.15, 0.2) is 5.65 Å². The number of hydrogen-bond donors (Lipinski definition) is 2. The van der Waals surface area contributed by atoms with E-state index >= 15 is 0 Å². The van der Waals surface area contributed by atoms with E-state index in [1.165, 1.54) is 12.1 Å². The molecular formula is C22H25ClFN7O. The standard InChI is InChI=1S/C22H25ClFN7O/c1-30-20-18(10-27-30)21(26-12-25-20)31-6-2-3-16(11-31)29-22(32)19(13-4-5-13)28-17-8-14(23)7-15(24)9-17/h7-10,12-13,16,19,28H,2-6,11H2,1H3,(H,29,32). The highest BCUT2D eigenvalue weighted by Gasteiger charge is 2.37. The number of piperidine rings is 1. The number of carbonyl (C=O) groups is 1. The Morgan fingerprint density at radius 2 is 2.09 bits per heavy atom. The van der Waals surface area contributed by atoms with Crippen molar-refractivity contribution in [2.75, 3.05) is 23.3 Å². The van der Waals surface area contributed by atoms with E-state index in [-0.39, 0.29) is 17.9 Å². The minimum atomic E-state index is -0.426. The van der Waals surface area contributed by atoms with Gasteiger partial charge in [0.2, 0.25) is 5.91 Å². The molecule has 0 radical (unpaired) electrons. The van der Waals surface area contributed by atoms with Gasteiger partial charge >= 0.3 is 0 Å². The third kappa shape index (κ3) is 4.34. The predicted octanol–water partition coefficient (Wildman–Crippen LogP) is 3.13. The van der Waals surface area contributed by atoms with Crippen LogP contribution in [0.25, 0.3) is 11.0 Å². The SMILES string of the molecule is Cn1ncc2c(N3CCCC(NC(=O)C(Nc4cc(F)cc(Cl)c4)C4CC4)C3)ncnc21. The number of nitrogens with one attached hydrogen (secondary N) is 2. The van der Waals surface area contributed by atoms with Crippen LogP contribution in [0.2, 0.25) is 5.02 Å². The lowest BCUT2D eigenvalue weighted by molar-refractivity contribution is -0.123. The van der Waals surface area contributed by atoms with E-state index in [4.69, 9.17) is 11.6 Å². The lowest BCUT2D eigenvalue weighted by Gasteiger charge is -2.35. The van der Waals surface area contributed by atoms with Gasteiger partial charge in [-0.25, -0.2) is 14.4 Å². The van der Waals surface area contributed by atoms with Crippen molar-refractivity contribution in [2.24, 2.45) is 13.0 Å². The molecule has 168 valence electrons. The number of hydrogen-bond acceptors (Lipinski definition) is 6. The lowest BCUT2D eigenvalue weighted by Crippen LogP contribution is -2.52. The van der Waals surface area contributed by atoms with E-state index in [2.05, 4.69) is 30.6 Å². The van der Waals surface area contributed by atoms with E-state index < -0.39 is 11.9 Å². The van der Waals surface area contributed by atoms with Gasteiger partial charge in [-0.1, -0.05) is 11.6 Å². The molecule has 1 saturated heterocycles. The number of nitrogens with zero attached hydrogens (tertiary/aromatic N) is 5. The van der Waals surface area contributed by atoms with E-state index in [1.54, 1.807) is 23.3 Å². The van der Waals surface area contributed by atoms with Crippen LogP contribution in [-0.2, 0) is 11.8 Å². The van der Waals surface area contributed by atoms with Crippen molar-refractivity contribution in [1.82, 2.24) is 25.1 Å². The number of aryl methyl sites for hydroxylation is 1. The topological polar surface area (TPSA) is 88.0 Å².